The van der Waals surface area contributed by atoms with Crippen molar-refractivity contribution in [1.82, 2.24) is 10.2 Å². The molecule has 0 aromatic rings. The van der Waals surface area contributed by atoms with Crippen LogP contribution in [0.15, 0.2) is 0 Å². The summed E-state index contributed by atoms with van der Waals surface area (Å²) in [6.45, 7) is 4.32. The summed E-state index contributed by atoms with van der Waals surface area (Å²) in [6.07, 6.45) is -2.90. The predicted molar refractivity (Wildman–Crippen MR) is 114 cm³/mol. The summed E-state index contributed by atoms with van der Waals surface area (Å²) in [7, 11) is -3.09. The summed E-state index contributed by atoms with van der Waals surface area (Å²) in [6, 6.07) is -1.44. The van der Waals surface area contributed by atoms with E-state index in [0.717, 1.165) is 31.1 Å². The number of carbonyl (C=O) groups excluding carboxylic acids is 1. The molecule has 0 aromatic heterocycles. The minimum Gasteiger partial charge on any atom is -0.391 e. The van der Waals surface area contributed by atoms with Crippen LogP contribution in [0.4, 0.5) is 0 Å². The summed E-state index contributed by atoms with van der Waals surface area (Å²) < 4.78 is 21.6. The predicted octanol–water partition coefficient (Wildman–Crippen LogP) is -0.740. The monoisotopic (exact) mass is 486 g/mol. The lowest BCUT2D eigenvalue weighted by atomic mass is 9.92. The molecule has 182 valence electrons. The van der Waals surface area contributed by atoms with Gasteiger partial charge in [0.2, 0.25) is 5.91 Å². The first kappa shape index (κ1) is 27.0. The Labute approximate surface area is 186 Å². The summed E-state index contributed by atoms with van der Waals surface area (Å²) >= 11 is 1.02. The van der Waals surface area contributed by atoms with Gasteiger partial charge in [-0.05, 0) is 39.0 Å². The van der Waals surface area contributed by atoms with Gasteiger partial charge in [-0.2, -0.15) is 0 Å². The summed E-state index contributed by atoms with van der Waals surface area (Å²) in [5.74, 6) is 0.0899. The molecule has 9 atom stereocenters. The van der Waals surface area contributed by atoms with Crippen molar-refractivity contribution in [3.05, 3.63) is 0 Å². The average Bonchev–Trinajstić information content (AvgIpc) is 3.03. The number of thioether (sulfide) groups is 1. The number of nitrogens with one attached hydrogen (secondary N) is 1. The van der Waals surface area contributed by atoms with Crippen molar-refractivity contribution in [2.75, 3.05) is 19.8 Å². The van der Waals surface area contributed by atoms with Gasteiger partial charge in [-0.15, -0.1) is 11.8 Å². The number of aliphatic hydroxyl groups excluding tert-OH is 3. The van der Waals surface area contributed by atoms with Crippen LogP contribution in [-0.4, -0.2) is 104 Å². The van der Waals surface area contributed by atoms with Crippen molar-refractivity contribution in [1.29, 1.82) is 0 Å². The molecule has 31 heavy (non-hydrogen) atoms. The Balaban J connectivity index is 2.15. The Hall–Kier alpha value is -0.270. The van der Waals surface area contributed by atoms with E-state index in [1.807, 2.05) is 11.9 Å². The van der Waals surface area contributed by atoms with Crippen LogP contribution < -0.4 is 5.32 Å². The third kappa shape index (κ3) is 6.86. The molecular formula is C18H35N2O9PS. The number of likely N-dealkylation sites (tertiary alicyclic amines) is 1. The SMILES string of the molecule is CCC[C@@H]1C[C@@H](C(=O)NC([C@H](C)O)[C@H]2O[C@H](SC)[C@H](OP(=O)(O)O)[C@@H](O)[C@H]2O)N(C)C1. The Bertz CT molecular complexity index is 650. The second-order valence-corrected chi connectivity index (χ2v) is 10.5. The van der Waals surface area contributed by atoms with Crippen LogP contribution in [0.3, 0.4) is 0 Å². The van der Waals surface area contributed by atoms with Gasteiger partial charge in [0.1, 0.15) is 29.9 Å². The number of amides is 1. The molecule has 1 unspecified atom stereocenters. The number of ether oxygens (including phenoxy) is 1. The van der Waals surface area contributed by atoms with Crippen LogP contribution >= 0.6 is 19.6 Å². The highest BCUT2D eigenvalue weighted by atomic mass is 32.2. The lowest BCUT2D eigenvalue weighted by Crippen LogP contribution is -2.66. The van der Waals surface area contributed by atoms with Gasteiger partial charge in [-0.1, -0.05) is 13.3 Å². The van der Waals surface area contributed by atoms with Gasteiger partial charge in [0, 0.05) is 6.54 Å². The first-order valence-electron chi connectivity index (χ1n) is 10.4. The molecule has 0 bridgehead atoms. The van der Waals surface area contributed by atoms with Gasteiger partial charge in [0.25, 0.3) is 0 Å². The van der Waals surface area contributed by atoms with Gasteiger partial charge in [-0.25, -0.2) is 4.57 Å². The largest absolute Gasteiger partial charge is 0.470 e. The van der Waals surface area contributed by atoms with E-state index in [1.165, 1.54) is 6.92 Å². The molecule has 0 saturated carbocycles. The minimum absolute atomic E-state index is 0.313. The van der Waals surface area contributed by atoms with Crippen LogP contribution in [-0.2, 0) is 18.6 Å². The van der Waals surface area contributed by atoms with Gasteiger partial charge in [0.05, 0.1) is 18.2 Å². The lowest BCUT2D eigenvalue weighted by molar-refractivity contribution is -0.207. The molecule has 2 aliphatic rings. The fourth-order valence-electron chi connectivity index (χ4n) is 4.39. The van der Waals surface area contributed by atoms with Crippen LogP contribution in [0.1, 0.15) is 33.1 Å². The van der Waals surface area contributed by atoms with Gasteiger partial charge < -0.3 is 35.2 Å². The second kappa shape index (κ2) is 11.2. The summed E-state index contributed by atoms with van der Waals surface area (Å²) in [5.41, 5.74) is -1.04. The van der Waals surface area contributed by atoms with E-state index in [0.29, 0.717) is 12.3 Å². The molecule has 2 heterocycles. The van der Waals surface area contributed by atoms with Crippen LogP contribution in [0, 0.1) is 5.92 Å². The summed E-state index contributed by atoms with van der Waals surface area (Å²) in [5, 5.41) is 34.1. The van der Waals surface area contributed by atoms with Crippen molar-refractivity contribution in [3.63, 3.8) is 0 Å². The number of hydrogen-bond donors (Lipinski definition) is 6. The third-order valence-corrected chi connectivity index (χ3v) is 7.25. The van der Waals surface area contributed by atoms with Crippen molar-refractivity contribution in [2.24, 2.45) is 5.92 Å². The zero-order valence-electron chi connectivity index (χ0n) is 18.2. The van der Waals surface area contributed by atoms with Gasteiger partial charge in [-0.3, -0.25) is 14.2 Å². The Morgan fingerprint density at radius 1 is 1.35 bits per heavy atom. The number of hydrogen-bond acceptors (Lipinski definition) is 9. The number of likely N-dealkylation sites (N-methyl/N-ethyl adjacent to an activating group) is 1. The van der Waals surface area contributed by atoms with E-state index in [2.05, 4.69) is 16.8 Å². The van der Waals surface area contributed by atoms with Crippen LogP contribution in [0.5, 0.6) is 0 Å². The lowest BCUT2D eigenvalue weighted by Gasteiger charge is -2.45. The Kier molecular flexibility index (Phi) is 9.78. The number of aliphatic hydroxyl groups is 3. The molecule has 11 nitrogen and oxygen atoms in total. The van der Waals surface area contributed by atoms with Crippen molar-refractivity contribution in [3.8, 4) is 0 Å². The molecule has 0 aliphatic carbocycles. The normalized spacial score (nSPS) is 36.9. The van der Waals surface area contributed by atoms with E-state index >= 15 is 0 Å². The first-order valence-corrected chi connectivity index (χ1v) is 13.2. The quantitative estimate of drug-likeness (QED) is 0.227. The third-order valence-electron chi connectivity index (χ3n) is 5.89. The van der Waals surface area contributed by atoms with Gasteiger partial charge >= 0.3 is 7.82 Å². The first-order chi connectivity index (χ1) is 14.4. The smallest absolute Gasteiger partial charge is 0.391 e. The summed E-state index contributed by atoms with van der Waals surface area (Å²) in [4.78, 5) is 33.1. The topological polar surface area (TPSA) is 169 Å². The van der Waals surface area contributed by atoms with E-state index in [4.69, 9.17) is 14.5 Å². The van der Waals surface area contributed by atoms with Crippen LogP contribution in [0.2, 0.25) is 0 Å². The second-order valence-electron chi connectivity index (χ2n) is 8.37. The molecule has 2 aliphatic heterocycles. The number of phosphoric acid groups is 1. The Morgan fingerprint density at radius 2 is 2.00 bits per heavy atom. The van der Waals surface area contributed by atoms with Crippen molar-refractivity contribution in [2.45, 2.75) is 81.1 Å². The molecule has 0 aromatic carbocycles. The minimum atomic E-state index is -4.96. The van der Waals surface area contributed by atoms with E-state index in [9.17, 15) is 24.7 Å². The zero-order chi connectivity index (χ0) is 23.5. The highest BCUT2D eigenvalue weighted by Gasteiger charge is 2.51. The molecular weight excluding hydrogens is 451 g/mol. The maximum absolute atomic E-state index is 13.0. The highest BCUT2D eigenvalue weighted by Crippen LogP contribution is 2.43. The van der Waals surface area contributed by atoms with Gasteiger partial charge in [0.15, 0.2) is 0 Å². The van der Waals surface area contributed by atoms with Crippen molar-refractivity contribution < 1.29 is 43.7 Å². The number of nitrogens with zero attached hydrogens (tertiary/aromatic N) is 1. The average molecular weight is 487 g/mol. The molecule has 0 radical (unpaired) electrons. The van der Waals surface area contributed by atoms with Crippen molar-refractivity contribution >= 4 is 25.5 Å². The number of rotatable bonds is 9. The highest BCUT2D eigenvalue weighted by molar-refractivity contribution is 7.99. The molecule has 2 fully saturated rings. The maximum atomic E-state index is 13.0. The standard InChI is InChI=1S/C18H35N2O9PS/c1-5-6-10-7-11(20(3)8-10)17(24)19-12(9(2)21)15-13(22)14(23)16(18(28-15)31-4)29-30(25,26)27/h9-16,18,21-23H,5-8H2,1-4H3,(H,19,24)(H2,25,26,27)/t9-,10+,11-,12?,13+,14-,15+,16+,18+/m0/s1. The van der Waals surface area contributed by atoms with E-state index < -0.39 is 49.8 Å². The molecule has 1 amide bonds. The Morgan fingerprint density at radius 3 is 2.52 bits per heavy atom. The van der Waals surface area contributed by atoms with E-state index in [-0.39, 0.29) is 11.9 Å². The van der Waals surface area contributed by atoms with E-state index in [1.54, 1.807) is 6.26 Å². The molecule has 0 spiro atoms. The molecule has 13 heteroatoms. The fourth-order valence-corrected chi connectivity index (χ4v) is 5.75. The molecule has 2 rings (SSSR count). The molecule has 6 N–H and O–H groups in total. The zero-order valence-corrected chi connectivity index (χ0v) is 19.9. The van der Waals surface area contributed by atoms with Crippen LogP contribution in [0.25, 0.3) is 0 Å². The maximum Gasteiger partial charge on any atom is 0.470 e. The number of carbonyl (C=O) groups is 1. The number of phosphoric ester groups is 1. The fraction of sp³-hybridized carbons (Fsp3) is 0.944. The molecule has 2 saturated heterocycles.